The van der Waals surface area contributed by atoms with Crippen LogP contribution in [0, 0.1) is 6.92 Å². The number of aromatic nitrogens is 1. The Morgan fingerprint density at radius 3 is 2.46 bits per heavy atom. The maximum Gasteiger partial charge on any atom is 0.277 e. The van der Waals surface area contributed by atoms with Crippen LogP contribution >= 0.6 is 0 Å². The van der Waals surface area contributed by atoms with E-state index in [0.29, 0.717) is 36.0 Å². The number of para-hydroxylation sites is 1. The fourth-order valence-corrected chi connectivity index (χ4v) is 5.10. The van der Waals surface area contributed by atoms with Gasteiger partial charge in [-0.15, -0.1) is 0 Å². The van der Waals surface area contributed by atoms with E-state index in [-0.39, 0.29) is 17.5 Å². The SMILES string of the molecule is C=CN/C(=C\C)CCNC(=O)c1ccc(N2CCN(c3ccccc3C)CC2)c(NC(=O)c2coc(C3CC3)n2)c1. The summed E-state index contributed by atoms with van der Waals surface area (Å²) >= 11 is 0. The van der Waals surface area contributed by atoms with E-state index in [9.17, 15) is 9.59 Å². The molecule has 214 valence electrons. The van der Waals surface area contributed by atoms with Crippen molar-refractivity contribution in [2.75, 3.05) is 47.8 Å². The summed E-state index contributed by atoms with van der Waals surface area (Å²) in [5.74, 6) is 0.366. The molecule has 0 radical (unpaired) electrons. The van der Waals surface area contributed by atoms with Crippen molar-refractivity contribution in [1.29, 1.82) is 0 Å². The summed E-state index contributed by atoms with van der Waals surface area (Å²) in [5, 5.41) is 9.06. The summed E-state index contributed by atoms with van der Waals surface area (Å²) in [4.78, 5) is 35.3. The second-order valence-corrected chi connectivity index (χ2v) is 10.5. The maximum absolute atomic E-state index is 13.2. The molecule has 9 nitrogen and oxygen atoms in total. The quantitative estimate of drug-likeness (QED) is 0.300. The summed E-state index contributed by atoms with van der Waals surface area (Å²) in [5.41, 5.74) is 5.64. The highest BCUT2D eigenvalue weighted by Crippen LogP contribution is 2.39. The van der Waals surface area contributed by atoms with Crippen molar-refractivity contribution in [3.63, 3.8) is 0 Å². The molecule has 2 amide bonds. The second-order valence-electron chi connectivity index (χ2n) is 10.5. The van der Waals surface area contributed by atoms with Gasteiger partial charge < -0.3 is 30.2 Å². The molecule has 1 aliphatic carbocycles. The van der Waals surface area contributed by atoms with Crippen LogP contribution in [-0.2, 0) is 0 Å². The van der Waals surface area contributed by atoms with Crippen LogP contribution in [0.3, 0.4) is 0 Å². The number of hydrogen-bond donors (Lipinski definition) is 3. The van der Waals surface area contributed by atoms with Crippen molar-refractivity contribution in [1.82, 2.24) is 15.6 Å². The highest BCUT2D eigenvalue weighted by atomic mass is 16.3. The number of aryl methyl sites for hydroxylation is 1. The first-order chi connectivity index (χ1) is 20.0. The molecule has 0 bridgehead atoms. The minimum atomic E-state index is -0.355. The molecule has 9 heteroatoms. The highest BCUT2D eigenvalue weighted by Gasteiger charge is 2.30. The van der Waals surface area contributed by atoms with E-state index in [1.807, 2.05) is 25.1 Å². The van der Waals surface area contributed by atoms with Crippen LogP contribution in [0.4, 0.5) is 17.1 Å². The zero-order valence-corrected chi connectivity index (χ0v) is 23.8. The lowest BCUT2D eigenvalue weighted by Crippen LogP contribution is -2.47. The molecule has 2 aromatic carbocycles. The number of rotatable bonds is 11. The predicted octanol–water partition coefficient (Wildman–Crippen LogP) is 5.20. The molecule has 41 heavy (non-hydrogen) atoms. The van der Waals surface area contributed by atoms with E-state index < -0.39 is 0 Å². The van der Waals surface area contributed by atoms with Crippen LogP contribution in [0.2, 0.25) is 0 Å². The van der Waals surface area contributed by atoms with Gasteiger partial charge in [-0.2, -0.15) is 0 Å². The van der Waals surface area contributed by atoms with Crippen molar-refractivity contribution in [3.8, 4) is 0 Å². The smallest absolute Gasteiger partial charge is 0.277 e. The van der Waals surface area contributed by atoms with Gasteiger partial charge in [-0.1, -0.05) is 30.9 Å². The number of hydrogen-bond acceptors (Lipinski definition) is 7. The van der Waals surface area contributed by atoms with Gasteiger partial charge in [0.1, 0.15) is 6.26 Å². The Bertz CT molecular complexity index is 1430. The minimum Gasteiger partial charge on any atom is -0.448 e. The third-order valence-corrected chi connectivity index (χ3v) is 7.58. The van der Waals surface area contributed by atoms with Crippen LogP contribution in [0.1, 0.15) is 64.4 Å². The van der Waals surface area contributed by atoms with E-state index in [2.05, 4.69) is 68.5 Å². The van der Waals surface area contributed by atoms with Crippen LogP contribution in [-0.4, -0.2) is 49.5 Å². The van der Waals surface area contributed by atoms with Gasteiger partial charge in [-0.05, 0) is 62.7 Å². The number of nitrogens with one attached hydrogen (secondary N) is 3. The minimum absolute atomic E-state index is 0.206. The molecule has 0 spiro atoms. The Morgan fingerprint density at radius 1 is 1.05 bits per heavy atom. The number of benzene rings is 2. The van der Waals surface area contributed by atoms with E-state index in [1.54, 1.807) is 12.3 Å². The average molecular weight is 555 g/mol. The van der Waals surface area contributed by atoms with Gasteiger partial charge in [0.25, 0.3) is 11.8 Å². The number of piperazine rings is 1. The van der Waals surface area contributed by atoms with Gasteiger partial charge in [0.15, 0.2) is 11.6 Å². The molecular formula is C32H38N6O3. The van der Waals surface area contributed by atoms with E-state index in [0.717, 1.165) is 50.4 Å². The monoisotopic (exact) mass is 554 g/mol. The predicted molar refractivity (Wildman–Crippen MR) is 163 cm³/mol. The first-order valence-electron chi connectivity index (χ1n) is 14.2. The van der Waals surface area contributed by atoms with E-state index in [4.69, 9.17) is 4.42 Å². The Kier molecular flexibility index (Phi) is 8.72. The Labute approximate surface area is 241 Å². The van der Waals surface area contributed by atoms with Gasteiger partial charge in [0.2, 0.25) is 0 Å². The van der Waals surface area contributed by atoms with Gasteiger partial charge in [0, 0.05) is 62.0 Å². The largest absolute Gasteiger partial charge is 0.448 e. The normalized spacial score (nSPS) is 15.4. The molecule has 1 aliphatic heterocycles. The van der Waals surface area contributed by atoms with Gasteiger partial charge in [-0.25, -0.2) is 4.98 Å². The Morgan fingerprint density at radius 2 is 1.78 bits per heavy atom. The lowest BCUT2D eigenvalue weighted by molar-refractivity contribution is 0.0952. The van der Waals surface area contributed by atoms with Gasteiger partial charge >= 0.3 is 0 Å². The molecule has 3 aromatic rings. The molecule has 2 aliphatic rings. The number of carbonyl (C=O) groups excluding carboxylic acids is 2. The topological polar surface area (TPSA) is 103 Å². The lowest BCUT2D eigenvalue weighted by Gasteiger charge is -2.38. The zero-order valence-electron chi connectivity index (χ0n) is 23.8. The molecule has 3 N–H and O–H groups in total. The number of nitrogens with zero attached hydrogens (tertiary/aromatic N) is 3. The number of anilines is 3. The van der Waals surface area contributed by atoms with Crippen LogP contribution in [0.25, 0.3) is 0 Å². The summed E-state index contributed by atoms with van der Waals surface area (Å²) in [6.07, 6.45) is 7.71. The second kappa shape index (κ2) is 12.8. The standard InChI is InChI=1S/C32H38N6O3/c1-4-25(33-5-2)14-15-34-30(39)24-12-13-29(38-18-16-37(17-19-38)28-9-7-6-8-22(28)3)26(20-24)35-31(40)27-21-41-32(36-27)23-10-11-23/h4-9,12-13,20-21,23,33H,2,10-11,14-19H2,1,3H3,(H,34,39)(H,35,40)/b25-4-. The first kappa shape index (κ1) is 28.0. The molecule has 1 saturated heterocycles. The lowest BCUT2D eigenvalue weighted by atomic mass is 10.1. The van der Waals surface area contributed by atoms with Crippen molar-refractivity contribution in [2.24, 2.45) is 0 Å². The number of allylic oxidation sites excluding steroid dienone is 1. The highest BCUT2D eigenvalue weighted by molar-refractivity contribution is 6.06. The van der Waals surface area contributed by atoms with Crippen molar-refractivity contribution in [3.05, 3.63) is 96.0 Å². The Hall–Kier alpha value is -4.53. The number of oxazole rings is 1. The number of amides is 2. The third-order valence-electron chi connectivity index (χ3n) is 7.58. The van der Waals surface area contributed by atoms with Crippen molar-refractivity contribution < 1.29 is 14.0 Å². The first-order valence-corrected chi connectivity index (χ1v) is 14.2. The Balaban J connectivity index is 1.32. The van der Waals surface area contributed by atoms with Crippen LogP contribution < -0.4 is 25.8 Å². The number of carbonyl (C=O) groups is 2. The molecule has 1 saturated carbocycles. The maximum atomic E-state index is 13.2. The third kappa shape index (κ3) is 6.80. The molecular weight excluding hydrogens is 516 g/mol. The molecule has 0 unspecified atom stereocenters. The summed E-state index contributed by atoms with van der Waals surface area (Å²) in [6.45, 7) is 11.5. The molecule has 2 fully saturated rings. The van der Waals surface area contributed by atoms with Gasteiger partial charge in [-0.3, -0.25) is 9.59 Å². The molecule has 1 aromatic heterocycles. The fourth-order valence-electron chi connectivity index (χ4n) is 5.10. The zero-order chi connectivity index (χ0) is 28.8. The fraction of sp³-hybridized carbons (Fsp3) is 0.344. The van der Waals surface area contributed by atoms with Crippen molar-refractivity contribution >= 4 is 28.9 Å². The van der Waals surface area contributed by atoms with Crippen molar-refractivity contribution in [2.45, 2.75) is 39.0 Å². The van der Waals surface area contributed by atoms with Crippen LogP contribution in [0.5, 0.6) is 0 Å². The molecule has 5 rings (SSSR count). The van der Waals surface area contributed by atoms with E-state index in [1.165, 1.54) is 17.5 Å². The van der Waals surface area contributed by atoms with E-state index >= 15 is 0 Å². The molecule has 2 heterocycles. The van der Waals surface area contributed by atoms with Crippen LogP contribution in [0.15, 0.2) is 77.7 Å². The van der Waals surface area contributed by atoms with Gasteiger partial charge in [0.05, 0.1) is 11.4 Å². The summed E-state index contributed by atoms with van der Waals surface area (Å²) in [7, 11) is 0. The summed E-state index contributed by atoms with van der Waals surface area (Å²) < 4.78 is 5.54. The molecule has 0 atom stereocenters. The summed E-state index contributed by atoms with van der Waals surface area (Å²) in [6, 6.07) is 13.9. The average Bonchev–Trinajstić information content (AvgIpc) is 3.72.